The number of aromatic amines is 1. The number of nitrogen functional groups attached to an aromatic ring is 1. The summed E-state index contributed by atoms with van der Waals surface area (Å²) >= 11 is 3.51. The second-order valence-corrected chi connectivity index (χ2v) is 5.36. The van der Waals surface area contributed by atoms with Gasteiger partial charge in [-0.3, -0.25) is 5.10 Å². The van der Waals surface area contributed by atoms with Gasteiger partial charge < -0.3 is 5.73 Å². The zero-order chi connectivity index (χ0) is 13.9. The first-order valence-corrected chi connectivity index (χ1v) is 7.02. The van der Waals surface area contributed by atoms with Gasteiger partial charge in [-0.25, -0.2) is 4.98 Å². The fraction of sp³-hybridized carbons (Fsp3) is 0.0667. The van der Waals surface area contributed by atoms with Gasteiger partial charge in [0.1, 0.15) is 5.82 Å². The van der Waals surface area contributed by atoms with Crippen LogP contribution < -0.4 is 5.73 Å². The SMILES string of the molecule is Nc1ccc(Cc2nc(-c3ccccc3Br)n[nH]2)cc1. The highest BCUT2D eigenvalue weighted by Gasteiger charge is 2.09. The molecule has 0 bridgehead atoms. The number of rotatable bonds is 3. The van der Waals surface area contributed by atoms with Crippen LogP contribution in [0.2, 0.25) is 0 Å². The molecule has 5 heteroatoms. The zero-order valence-corrected chi connectivity index (χ0v) is 12.3. The molecule has 3 N–H and O–H groups in total. The lowest BCUT2D eigenvalue weighted by atomic mass is 10.1. The number of aromatic nitrogens is 3. The highest BCUT2D eigenvalue weighted by Crippen LogP contribution is 2.25. The van der Waals surface area contributed by atoms with Gasteiger partial charge >= 0.3 is 0 Å². The van der Waals surface area contributed by atoms with E-state index in [1.807, 2.05) is 48.5 Å². The molecule has 0 aliphatic carbocycles. The Morgan fingerprint density at radius 1 is 1.05 bits per heavy atom. The molecule has 2 aromatic carbocycles. The molecule has 20 heavy (non-hydrogen) atoms. The van der Waals surface area contributed by atoms with Gasteiger partial charge in [0.15, 0.2) is 5.82 Å². The van der Waals surface area contributed by atoms with Crippen LogP contribution in [-0.4, -0.2) is 15.2 Å². The molecule has 3 aromatic rings. The first kappa shape index (κ1) is 12.9. The highest BCUT2D eigenvalue weighted by molar-refractivity contribution is 9.10. The van der Waals surface area contributed by atoms with Gasteiger partial charge in [0.05, 0.1) is 0 Å². The van der Waals surface area contributed by atoms with Gasteiger partial charge in [0, 0.05) is 22.1 Å². The quantitative estimate of drug-likeness (QED) is 0.724. The van der Waals surface area contributed by atoms with Crippen molar-refractivity contribution in [2.45, 2.75) is 6.42 Å². The molecule has 0 saturated carbocycles. The minimum atomic E-state index is 0.697. The third-order valence-electron chi connectivity index (χ3n) is 3.00. The molecular formula is C15H13BrN4. The van der Waals surface area contributed by atoms with Crippen molar-refractivity contribution in [2.75, 3.05) is 5.73 Å². The van der Waals surface area contributed by atoms with Crippen LogP contribution in [0.4, 0.5) is 5.69 Å². The average molecular weight is 329 g/mol. The second kappa shape index (κ2) is 5.46. The lowest BCUT2D eigenvalue weighted by Gasteiger charge is -1.99. The molecule has 0 aliphatic heterocycles. The Labute approximate surface area is 125 Å². The van der Waals surface area contributed by atoms with Crippen molar-refractivity contribution in [3.8, 4) is 11.4 Å². The number of hydrogen-bond donors (Lipinski definition) is 2. The summed E-state index contributed by atoms with van der Waals surface area (Å²) in [5.41, 5.74) is 8.57. The smallest absolute Gasteiger partial charge is 0.182 e. The van der Waals surface area contributed by atoms with Gasteiger partial charge in [-0.05, 0) is 29.8 Å². The third kappa shape index (κ3) is 2.72. The van der Waals surface area contributed by atoms with E-state index in [1.54, 1.807) is 0 Å². The van der Waals surface area contributed by atoms with Crippen molar-refractivity contribution in [3.63, 3.8) is 0 Å². The molecular weight excluding hydrogens is 316 g/mol. The summed E-state index contributed by atoms with van der Waals surface area (Å²) < 4.78 is 0.984. The lowest BCUT2D eigenvalue weighted by molar-refractivity contribution is 0.973. The van der Waals surface area contributed by atoms with E-state index in [1.165, 1.54) is 0 Å². The van der Waals surface area contributed by atoms with Crippen molar-refractivity contribution in [1.29, 1.82) is 0 Å². The number of anilines is 1. The van der Waals surface area contributed by atoms with Crippen LogP contribution in [0.15, 0.2) is 53.0 Å². The topological polar surface area (TPSA) is 67.6 Å². The number of hydrogen-bond acceptors (Lipinski definition) is 3. The second-order valence-electron chi connectivity index (χ2n) is 4.50. The van der Waals surface area contributed by atoms with Crippen LogP contribution in [0.5, 0.6) is 0 Å². The number of halogens is 1. The van der Waals surface area contributed by atoms with Crippen molar-refractivity contribution in [1.82, 2.24) is 15.2 Å². The van der Waals surface area contributed by atoms with E-state index in [2.05, 4.69) is 31.1 Å². The van der Waals surface area contributed by atoms with E-state index in [4.69, 9.17) is 5.73 Å². The maximum Gasteiger partial charge on any atom is 0.182 e. The van der Waals surface area contributed by atoms with E-state index < -0.39 is 0 Å². The normalized spacial score (nSPS) is 10.7. The standard InChI is InChI=1S/C15H13BrN4/c16-13-4-2-1-3-12(13)15-18-14(19-20-15)9-10-5-7-11(17)8-6-10/h1-8H,9,17H2,(H,18,19,20). The van der Waals surface area contributed by atoms with Gasteiger partial charge in [0.25, 0.3) is 0 Å². The number of benzene rings is 2. The van der Waals surface area contributed by atoms with E-state index in [9.17, 15) is 0 Å². The van der Waals surface area contributed by atoms with Crippen molar-refractivity contribution >= 4 is 21.6 Å². The minimum absolute atomic E-state index is 0.697. The van der Waals surface area contributed by atoms with Gasteiger partial charge in [-0.2, -0.15) is 5.10 Å². The van der Waals surface area contributed by atoms with Gasteiger partial charge in [0.2, 0.25) is 0 Å². The summed E-state index contributed by atoms with van der Waals surface area (Å²) in [6.07, 6.45) is 0.706. The Balaban J connectivity index is 1.84. The van der Waals surface area contributed by atoms with E-state index in [0.717, 1.165) is 27.1 Å². The molecule has 0 saturated heterocycles. The van der Waals surface area contributed by atoms with E-state index in [0.29, 0.717) is 12.2 Å². The summed E-state index contributed by atoms with van der Waals surface area (Å²) in [7, 11) is 0. The Morgan fingerprint density at radius 3 is 2.55 bits per heavy atom. The van der Waals surface area contributed by atoms with Crippen LogP contribution >= 0.6 is 15.9 Å². The molecule has 0 unspecified atom stereocenters. The largest absolute Gasteiger partial charge is 0.399 e. The molecule has 1 heterocycles. The first-order valence-electron chi connectivity index (χ1n) is 6.23. The average Bonchev–Trinajstić information content (AvgIpc) is 2.90. The maximum atomic E-state index is 5.68. The van der Waals surface area contributed by atoms with Crippen LogP contribution in [0, 0.1) is 0 Å². The Hall–Kier alpha value is -2.14. The molecule has 0 amide bonds. The molecule has 0 spiro atoms. The predicted molar refractivity (Wildman–Crippen MR) is 83.2 cm³/mol. The number of nitrogens with zero attached hydrogens (tertiary/aromatic N) is 2. The summed E-state index contributed by atoms with van der Waals surface area (Å²) in [6.45, 7) is 0. The summed E-state index contributed by atoms with van der Waals surface area (Å²) in [5, 5.41) is 7.25. The van der Waals surface area contributed by atoms with Crippen LogP contribution in [-0.2, 0) is 6.42 Å². The third-order valence-corrected chi connectivity index (χ3v) is 3.69. The minimum Gasteiger partial charge on any atom is -0.399 e. The Bertz CT molecular complexity index is 719. The maximum absolute atomic E-state index is 5.68. The molecule has 4 nitrogen and oxygen atoms in total. The molecule has 1 aromatic heterocycles. The fourth-order valence-corrected chi connectivity index (χ4v) is 2.43. The van der Waals surface area contributed by atoms with Crippen molar-refractivity contribution in [2.24, 2.45) is 0 Å². The molecule has 0 atom stereocenters. The highest BCUT2D eigenvalue weighted by atomic mass is 79.9. The van der Waals surface area contributed by atoms with E-state index in [-0.39, 0.29) is 0 Å². The summed E-state index contributed by atoms with van der Waals surface area (Å²) in [4.78, 5) is 4.53. The van der Waals surface area contributed by atoms with E-state index >= 15 is 0 Å². The number of nitrogens with two attached hydrogens (primary N) is 1. The summed E-state index contributed by atoms with van der Waals surface area (Å²) in [6, 6.07) is 15.7. The Kier molecular flexibility index (Phi) is 3.52. The van der Waals surface area contributed by atoms with Crippen molar-refractivity contribution in [3.05, 3.63) is 64.4 Å². The Morgan fingerprint density at radius 2 is 1.80 bits per heavy atom. The molecule has 0 radical (unpaired) electrons. The zero-order valence-electron chi connectivity index (χ0n) is 10.7. The van der Waals surface area contributed by atoms with Gasteiger partial charge in [-0.15, -0.1) is 0 Å². The van der Waals surface area contributed by atoms with Crippen LogP contribution in [0.1, 0.15) is 11.4 Å². The number of H-pyrrole nitrogens is 1. The summed E-state index contributed by atoms with van der Waals surface area (Å²) in [5.74, 6) is 1.53. The first-order chi connectivity index (χ1) is 9.72. The monoisotopic (exact) mass is 328 g/mol. The fourth-order valence-electron chi connectivity index (χ4n) is 1.97. The van der Waals surface area contributed by atoms with Gasteiger partial charge in [-0.1, -0.05) is 40.2 Å². The lowest BCUT2D eigenvalue weighted by Crippen LogP contribution is -1.92. The van der Waals surface area contributed by atoms with Crippen molar-refractivity contribution < 1.29 is 0 Å². The number of nitrogens with one attached hydrogen (secondary N) is 1. The molecule has 0 aliphatic rings. The predicted octanol–water partition coefficient (Wildman–Crippen LogP) is 3.41. The molecule has 100 valence electrons. The molecule has 0 fully saturated rings. The van der Waals surface area contributed by atoms with Crippen LogP contribution in [0.25, 0.3) is 11.4 Å². The van der Waals surface area contributed by atoms with Crippen LogP contribution in [0.3, 0.4) is 0 Å². The molecule has 3 rings (SSSR count).